The van der Waals surface area contributed by atoms with E-state index in [1.165, 1.54) is 11.3 Å². The average molecular weight is 338 g/mol. The fourth-order valence-corrected chi connectivity index (χ4v) is 2.97. The van der Waals surface area contributed by atoms with Crippen LogP contribution < -0.4 is 10.1 Å². The Morgan fingerprint density at radius 2 is 1.96 bits per heavy atom. The van der Waals surface area contributed by atoms with E-state index in [9.17, 15) is 4.79 Å². The molecule has 1 aromatic heterocycles. The molecule has 2 aromatic carbocycles. The first-order valence-electron chi connectivity index (χ1n) is 7.62. The Hall–Kier alpha value is -2.66. The molecule has 0 saturated carbocycles. The van der Waals surface area contributed by atoms with Crippen molar-refractivity contribution in [3.63, 3.8) is 0 Å². The second-order valence-corrected chi connectivity index (χ2v) is 6.37. The van der Waals surface area contributed by atoms with Crippen LogP contribution in [-0.2, 0) is 4.79 Å². The normalized spacial score (nSPS) is 10.4. The van der Waals surface area contributed by atoms with Crippen molar-refractivity contribution >= 4 is 22.4 Å². The largest absolute Gasteiger partial charge is 0.483 e. The SMILES string of the molecule is Cc1ccc(C)c(OCC(=O)Nc2nc(-c3ccccc3)cs2)c1. The third kappa shape index (κ3) is 4.00. The van der Waals surface area contributed by atoms with E-state index < -0.39 is 0 Å². The van der Waals surface area contributed by atoms with Crippen molar-refractivity contribution in [1.29, 1.82) is 0 Å². The highest BCUT2D eigenvalue weighted by molar-refractivity contribution is 7.14. The second kappa shape index (κ2) is 7.27. The molecular formula is C19H18N2O2S. The van der Waals surface area contributed by atoms with Gasteiger partial charge in [-0.05, 0) is 31.0 Å². The Kier molecular flexibility index (Phi) is 4.91. The fraction of sp³-hybridized carbons (Fsp3) is 0.158. The molecule has 0 fully saturated rings. The summed E-state index contributed by atoms with van der Waals surface area (Å²) < 4.78 is 5.61. The van der Waals surface area contributed by atoms with Gasteiger partial charge in [-0.1, -0.05) is 42.5 Å². The third-order valence-corrected chi connectivity index (χ3v) is 4.28. The summed E-state index contributed by atoms with van der Waals surface area (Å²) in [5.41, 5.74) is 3.99. The van der Waals surface area contributed by atoms with Crippen molar-refractivity contribution in [2.24, 2.45) is 0 Å². The van der Waals surface area contributed by atoms with Crippen LogP contribution in [0.5, 0.6) is 5.75 Å². The number of aromatic nitrogens is 1. The number of carbonyl (C=O) groups is 1. The molecule has 0 radical (unpaired) electrons. The van der Waals surface area contributed by atoms with Crippen LogP contribution in [0.2, 0.25) is 0 Å². The van der Waals surface area contributed by atoms with Gasteiger partial charge in [0.2, 0.25) is 0 Å². The predicted octanol–water partition coefficient (Wildman–Crippen LogP) is 4.44. The first-order valence-corrected chi connectivity index (χ1v) is 8.50. The molecule has 1 amide bonds. The van der Waals surface area contributed by atoms with Gasteiger partial charge in [0, 0.05) is 10.9 Å². The summed E-state index contributed by atoms with van der Waals surface area (Å²) in [5.74, 6) is 0.513. The zero-order valence-corrected chi connectivity index (χ0v) is 14.4. The van der Waals surface area contributed by atoms with E-state index in [0.717, 1.165) is 28.1 Å². The van der Waals surface area contributed by atoms with E-state index in [4.69, 9.17) is 4.74 Å². The molecule has 0 spiro atoms. The molecule has 4 nitrogen and oxygen atoms in total. The van der Waals surface area contributed by atoms with Crippen LogP contribution in [0.4, 0.5) is 5.13 Å². The van der Waals surface area contributed by atoms with Crippen molar-refractivity contribution < 1.29 is 9.53 Å². The standard InChI is InChI=1S/C19H18N2O2S/c1-13-8-9-14(2)17(10-13)23-11-18(22)21-19-20-16(12-24-19)15-6-4-3-5-7-15/h3-10,12H,11H2,1-2H3,(H,20,21,22). The molecule has 122 valence electrons. The number of benzene rings is 2. The van der Waals surface area contributed by atoms with Crippen LogP contribution >= 0.6 is 11.3 Å². The number of rotatable bonds is 5. The van der Waals surface area contributed by atoms with Crippen LogP contribution in [0.25, 0.3) is 11.3 Å². The average Bonchev–Trinajstić information content (AvgIpc) is 3.05. The molecule has 0 atom stereocenters. The minimum Gasteiger partial charge on any atom is -0.483 e. The van der Waals surface area contributed by atoms with Gasteiger partial charge in [0.05, 0.1) is 5.69 Å². The maximum atomic E-state index is 12.1. The number of ether oxygens (including phenoxy) is 1. The number of thiazole rings is 1. The van der Waals surface area contributed by atoms with Crippen LogP contribution in [-0.4, -0.2) is 17.5 Å². The molecule has 3 rings (SSSR count). The summed E-state index contributed by atoms with van der Waals surface area (Å²) in [5, 5.41) is 5.28. The Morgan fingerprint density at radius 1 is 1.17 bits per heavy atom. The number of nitrogens with one attached hydrogen (secondary N) is 1. The first kappa shape index (κ1) is 16.2. The van der Waals surface area contributed by atoms with Crippen LogP contribution in [0.3, 0.4) is 0 Å². The van der Waals surface area contributed by atoms with Gasteiger partial charge in [-0.25, -0.2) is 4.98 Å². The molecule has 0 aliphatic heterocycles. The molecule has 0 unspecified atom stereocenters. The zero-order chi connectivity index (χ0) is 16.9. The summed E-state index contributed by atoms with van der Waals surface area (Å²) >= 11 is 1.40. The smallest absolute Gasteiger partial charge is 0.264 e. The highest BCUT2D eigenvalue weighted by atomic mass is 32.1. The number of hydrogen-bond donors (Lipinski definition) is 1. The summed E-state index contributed by atoms with van der Waals surface area (Å²) in [7, 11) is 0. The van der Waals surface area contributed by atoms with E-state index in [1.54, 1.807) is 0 Å². The monoisotopic (exact) mass is 338 g/mol. The molecular weight excluding hydrogens is 320 g/mol. The van der Waals surface area contributed by atoms with Gasteiger partial charge in [0.1, 0.15) is 5.75 Å². The van der Waals surface area contributed by atoms with Crippen molar-refractivity contribution in [3.05, 3.63) is 65.0 Å². The van der Waals surface area contributed by atoms with Crippen LogP contribution in [0.15, 0.2) is 53.9 Å². The van der Waals surface area contributed by atoms with E-state index in [-0.39, 0.29) is 12.5 Å². The Labute approximate surface area is 145 Å². The van der Waals surface area contributed by atoms with Crippen molar-refractivity contribution in [1.82, 2.24) is 4.98 Å². The summed E-state index contributed by atoms with van der Waals surface area (Å²) in [6, 6.07) is 15.8. The van der Waals surface area contributed by atoms with E-state index in [2.05, 4.69) is 10.3 Å². The Morgan fingerprint density at radius 3 is 2.75 bits per heavy atom. The van der Waals surface area contributed by atoms with Gasteiger partial charge in [-0.3, -0.25) is 10.1 Å². The molecule has 0 bridgehead atoms. The van der Waals surface area contributed by atoms with Gasteiger partial charge in [0.15, 0.2) is 11.7 Å². The van der Waals surface area contributed by atoms with E-state index >= 15 is 0 Å². The van der Waals surface area contributed by atoms with Gasteiger partial charge in [-0.2, -0.15) is 0 Å². The molecule has 1 heterocycles. The highest BCUT2D eigenvalue weighted by Gasteiger charge is 2.09. The van der Waals surface area contributed by atoms with Crippen molar-refractivity contribution in [2.75, 3.05) is 11.9 Å². The lowest BCUT2D eigenvalue weighted by molar-refractivity contribution is -0.118. The lowest BCUT2D eigenvalue weighted by Crippen LogP contribution is -2.20. The molecule has 5 heteroatoms. The zero-order valence-electron chi connectivity index (χ0n) is 13.6. The number of nitrogens with zero attached hydrogens (tertiary/aromatic N) is 1. The third-order valence-electron chi connectivity index (χ3n) is 3.52. The minimum atomic E-state index is -0.218. The topological polar surface area (TPSA) is 51.2 Å². The molecule has 0 aliphatic carbocycles. The van der Waals surface area contributed by atoms with Crippen molar-refractivity contribution in [2.45, 2.75) is 13.8 Å². The number of anilines is 1. The lowest BCUT2D eigenvalue weighted by Gasteiger charge is -2.09. The number of aryl methyl sites for hydroxylation is 2. The molecule has 24 heavy (non-hydrogen) atoms. The Bertz CT molecular complexity index is 844. The summed E-state index contributed by atoms with van der Waals surface area (Å²) in [4.78, 5) is 16.5. The highest BCUT2D eigenvalue weighted by Crippen LogP contribution is 2.24. The number of hydrogen-bond acceptors (Lipinski definition) is 4. The van der Waals surface area contributed by atoms with Crippen LogP contribution in [0, 0.1) is 13.8 Å². The maximum absolute atomic E-state index is 12.1. The van der Waals surface area contributed by atoms with Gasteiger partial charge in [0.25, 0.3) is 5.91 Å². The summed E-state index contributed by atoms with van der Waals surface area (Å²) in [6.07, 6.45) is 0. The predicted molar refractivity (Wildman–Crippen MR) is 97.6 cm³/mol. The van der Waals surface area contributed by atoms with E-state index in [0.29, 0.717) is 5.13 Å². The number of carbonyl (C=O) groups excluding carboxylic acids is 1. The van der Waals surface area contributed by atoms with Gasteiger partial charge < -0.3 is 4.74 Å². The van der Waals surface area contributed by atoms with Crippen molar-refractivity contribution in [3.8, 4) is 17.0 Å². The lowest BCUT2D eigenvalue weighted by atomic mass is 10.1. The Balaban J connectivity index is 1.59. The minimum absolute atomic E-state index is 0.0372. The fourth-order valence-electron chi connectivity index (χ4n) is 2.23. The van der Waals surface area contributed by atoms with E-state index in [1.807, 2.05) is 67.8 Å². The molecule has 3 aromatic rings. The number of amides is 1. The van der Waals surface area contributed by atoms with Gasteiger partial charge >= 0.3 is 0 Å². The molecule has 1 N–H and O–H groups in total. The maximum Gasteiger partial charge on any atom is 0.264 e. The van der Waals surface area contributed by atoms with Gasteiger partial charge in [-0.15, -0.1) is 11.3 Å². The van der Waals surface area contributed by atoms with Crippen LogP contribution in [0.1, 0.15) is 11.1 Å². The quantitative estimate of drug-likeness (QED) is 0.748. The molecule has 0 saturated heterocycles. The second-order valence-electron chi connectivity index (χ2n) is 5.51. The molecule has 0 aliphatic rings. The summed E-state index contributed by atoms with van der Waals surface area (Å²) in [6.45, 7) is 3.91. The first-order chi connectivity index (χ1) is 11.6.